The van der Waals surface area contributed by atoms with Crippen molar-refractivity contribution in [2.24, 2.45) is 0 Å². The van der Waals surface area contributed by atoms with Gasteiger partial charge in [0.25, 0.3) is 0 Å². The van der Waals surface area contributed by atoms with E-state index < -0.39 is 0 Å². The van der Waals surface area contributed by atoms with Crippen LogP contribution in [0.2, 0.25) is 5.15 Å². The summed E-state index contributed by atoms with van der Waals surface area (Å²) in [4.78, 5) is 17.5. The minimum absolute atomic E-state index is 0.102. The second kappa shape index (κ2) is 9.37. The van der Waals surface area contributed by atoms with Crippen molar-refractivity contribution in [3.05, 3.63) is 117 Å². The number of pyridine rings is 1. The summed E-state index contributed by atoms with van der Waals surface area (Å²) in [5.41, 5.74) is 5.52. The highest BCUT2D eigenvalue weighted by Gasteiger charge is 2.21. The summed E-state index contributed by atoms with van der Waals surface area (Å²) in [5, 5.41) is 5.98. The van der Waals surface area contributed by atoms with E-state index in [1.54, 1.807) is 24.3 Å². The standard InChI is InChI=1S/C28H19BrClN3O/c1-18-25-26(20-12-14-21(29)15-13-20)23(16-17-24(34)19-8-4-2-5-9-19)27(30)31-28(25)33(32-18)22-10-6-3-7-11-22/h2-17H,1H3/b17-16+. The summed E-state index contributed by atoms with van der Waals surface area (Å²) in [6, 6.07) is 27.0. The zero-order chi connectivity index (χ0) is 23.7. The van der Waals surface area contributed by atoms with E-state index in [0.717, 1.165) is 32.4 Å². The van der Waals surface area contributed by atoms with Gasteiger partial charge in [-0.2, -0.15) is 5.10 Å². The molecule has 2 heterocycles. The quantitative estimate of drug-likeness (QED) is 0.133. The molecule has 0 saturated carbocycles. The highest BCUT2D eigenvalue weighted by atomic mass is 79.9. The first-order valence-electron chi connectivity index (χ1n) is 10.7. The maximum Gasteiger partial charge on any atom is 0.185 e. The minimum atomic E-state index is -0.102. The molecule has 5 aromatic rings. The van der Waals surface area contributed by atoms with Gasteiger partial charge in [0.1, 0.15) is 5.15 Å². The Bertz CT molecular complexity index is 1530. The van der Waals surface area contributed by atoms with Crippen molar-refractivity contribution in [1.29, 1.82) is 0 Å². The number of fused-ring (bicyclic) bond motifs is 1. The minimum Gasteiger partial charge on any atom is -0.289 e. The number of para-hydroxylation sites is 1. The number of carbonyl (C=O) groups excluding carboxylic acids is 1. The van der Waals surface area contributed by atoms with E-state index >= 15 is 0 Å². The molecule has 0 amide bonds. The van der Waals surface area contributed by atoms with Gasteiger partial charge >= 0.3 is 0 Å². The van der Waals surface area contributed by atoms with Gasteiger partial charge in [-0.15, -0.1) is 0 Å². The number of aryl methyl sites for hydroxylation is 1. The summed E-state index contributed by atoms with van der Waals surface area (Å²) >= 11 is 10.3. The van der Waals surface area contributed by atoms with Crippen LogP contribution in [0.4, 0.5) is 0 Å². The van der Waals surface area contributed by atoms with Gasteiger partial charge in [0.05, 0.1) is 16.8 Å². The fourth-order valence-electron chi connectivity index (χ4n) is 3.98. The predicted octanol–water partition coefficient (Wildman–Crippen LogP) is 7.71. The SMILES string of the molecule is Cc1nn(-c2ccccc2)c2nc(Cl)c(/C=C/C(=O)c3ccccc3)c(-c3ccc(Br)cc3)c12. The maximum atomic E-state index is 12.8. The van der Waals surface area contributed by atoms with Crippen LogP contribution in [-0.4, -0.2) is 20.5 Å². The smallest absolute Gasteiger partial charge is 0.185 e. The maximum absolute atomic E-state index is 12.8. The summed E-state index contributed by atoms with van der Waals surface area (Å²) < 4.78 is 2.78. The molecule has 0 aliphatic rings. The van der Waals surface area contributed by atoms with Crippen molar-refractivity contribution in [2.75, 3.05) is 0 Å². The molecule has 0 spiro atoms. The third-order valence-corrected chi connectivity index (χ3v) is 6.39. The first-order valence-corrected chi connectivity index (χ1v) is 11.9. The predicted molar refractivity (Wildman–Crippen MR) is 142 cm³/mol. The summed E-state index contributed by atoms with van der Waals surface area (Å²) in [6.07, 6.45) is 3.30. The molecule has 0 unspecified atom stereocenters. The molecule has 3 aromatic carbocycles. The number of benzene rings is 3. The van der Waals surface area contributed by atoms with E-state index in [9.17, 15) is 4.79 Å². The van der Waals surface area contributed by atoms with Gasteiger partial charge in [-0.05, 0) is 48.9 Å². The van der Waals surface area contributed by atoms with Gasteiger partial charge in [0.15, 0.2) is 11.4 Å². The highest BCUT2D eigenvalue weighted by Crippen LogP contribution is 2.38. The van der Waals surface area contributed by atoms with E-state index in [1.807, 2.05) is 84.4 Å². The number of hydrogen-bond donors (Lipinski definition) is 0. The molecule has 6 heteroatoms. The highest BCUT2D eigenvalue weighted by molar-refractivity contribution is 9.10. The Morgan fingerprint density at radius 1 is 0.941 bits per heavy atom. The number of aromatic nitrogens is 3. The molecular formula is C28H19BrClN3O. The van der Waals surface area contributed by atoms with Crippen LogP contribution in [0.25, 0.3) is 33.9 Å². The largest absolute Gasteiger partial charge is 0.289 e. The Morgan fingerprint density at radius 3 is 2.26 bits per heavy atom. The number of ketones is 1. The average Bonchev–Trinajstić information content (AvgIpc) is 3.19. The first-order chi connectivity index (χ1) is 16.5. The lowest BCUT2D eigenvalue weighted by Gasteiger charge is -2.12. The van der Waals surface area contributed by atoms with Gasteiger partial charge in [-0.25, -0.2) is 9.67 Å². The number of allylic oxidation sites excluding steroid dienone is 1. The van der Waals surface area contributed by atoms with Gasteiger partial charge in [0.2, 0.25) is 0 Å². The van der Waals surface area contributed by atoms with Crippen LogP contribution in [-0.2, 0) is 0 Å². The molecule has 0 fully saturated rings. The van der Waals surface area contributed by atoms with Crippen molar-refractivity contribution in [2.45, 2.75) is 6.92 Å². The lowest BCUT2D eigenvalue weighted by Crippen LogP contribution is -1.99. The number of carbonyl (C=O) groups is 1. The zero-order valence-corrected chi connectivity index (χ0v) is 20.6. The van der Waals surface area contributed by atoms with Crippen LogP contribution in [0.3, 0.4) is 0 Å². The summed E-state index contributed by atoms with van der Waals surface area (Å²) in [5.74, 6) is -0.102. The molecular weight excluding hydrogens is 510 g/mol. The van der Waals surface area contributed by atoms with Crippen molar-refractivity contribution < 1.29 is 4.79 Å². The molecule has 0 saturated heterocycles. The zero-order valence-electron chi connectivity index (χ0n) is 18.2. The Morgan fingerprint density at radius 2 is 1.59 bits per heavy atom. The van der Waals surface area contributed by atoms with Crippen LogP contribution in [0.15, 0.2) is 95.5 Å². The molecule has 0 N–H and O–H groups in total. The first kappa shape index (κ1) is 22.3. The van der Waals surface area contributed by atoms with E-state index in [4.69, 9.17) is 21.7 Å². The second-order valence-electron chi connectivity index (χ2n) is 7.79. The van der Waals surface area contributed by atoms with E-state index in [-0.39, 0.29) is 5.78 Å². The number of halogens is 2. The van der Waals surface area contributed by atoms with Gasteiger partial charge in [-0.3, -0.25) is 4.79 Å². The molecule has 2 aromatic heterocycles. The van der Waals surface area contributed by atoms with E-state index in [1.165, 1.54) is 0 Å². The van der Waals surface area contributed by atoms with Crippen LogP contribution in [0, 0.1) is 6.92 Å². The van der Waals surface area contributed by atoms with Crippen molar-refractivity contribution in [3.63, 3.8) is 0 Å². The Kier molecular flexibility index (Phi) is 6.14. The summed E-state index contributed by atoms with van der Waals surface area (Å²) in [6.45, 7) is 1.96. The topological polar surface area (TPSA) is 47.8 Å². The Hall–Kier alpha value is -3.54. The van der Waals surface area contributed by atoms with Crippen molar-refractivity contribution in [3.8, 4) is 16.8 Å². The third kappa shape index (κ3) is 4.20. The van der Waals surface area contributed by atoms with Gasteiger partial charge in [-0.1, -0.05) is 88.2 Å². The molecule has 0 aliphatic carbocycles. The monoisotopic (exact) mass is 527 g/mol. The number of nitrogens with zero attached hydrogens (tertiary/aromatic N) is 3. The van der Waals surface area contributed by atoms with Crippen LogP contribution in [0.1, 0.15) is 21.6 Å². The molecule has 0 aliphatic heterocycles. The van der Waals surface area contributed by atoms with Crippen LogP contribution in [0.5, 0.6) is 0 Å². The molecule has 166 valence electrons. The number of rotatable bonds is 5. The van der Waals surface area contributed by atoms with Crippen LogP contribution >= 0.6 is 27.5 Å². The van der Waals surface area contributed by atoms with E-state index in [2.05, 4.69) is 15.9 Å². The molecule has 34 heavy (non-hydrogen) atoms. The van der Waals surface area contributed by atoms with E-state index in [0.29, 0.717) is 21.9 Å². The lowest BCUT2D eigenvalue weighted by atomic mass is 9.96. The molecule has 5 rings (SSSR count). The summed E-state index contributed by atoms with van der Waals surface area (Å²) in [7, 11) is 0. The molecule has 0 atom stereocenters. The Balaban J connectivity index is 1.75. The fraction of sp³-hybridized carbons (Fsp3) is 0.0357. The van der Waals surface area contributed by atoms with Gasteiger partial charge < -0.3 is 0 Å². The van der Waals surface area contributed by atoms with Gasteiger partial charge in [0, 0.05) is 21.2 Å². The van der Waals surface area contributed by atoms with Crippen molar-refractivity contribution >= 4 is 50.4 Å². The molecule has 0 radical (unpaired) electrons. The Labute approximate surface area is 210 Å². The van der Waals surface area contributed by atoms with Crippen molar-refractivity contribution in [1.82, 2.24) is 14.8 Å². The molecule has 4 nitrogen and oxygen atoms in total. The third-order valence-electron chi connectivity index (χ3n) is 5.58. The fourth-order valence-corrected chi connectivity index (χ4v) is 4.48. The average molecular weight is 529 g/mol. The lowest BCUT2D eigenvalue weighted by molar-refractivity contribution is 0.104. The molecule has 0 bridgehead atoms. The number of hydrogen-bond acceptors (Lipinski definition) is 3. The second-order valence-corrected chi connectivity index (χ2v) is 9.07. The normalized spacial score (nSPS) is 11.4. The van der Waals surface area contributed by atoms with Crippen LogP contribution < -0.4 is 0 Å².